The van der Waals surface area contributed by atoms with E-state index in [-0.39, 0.29) is 33.4 Å². The van der Waals surface area contributed by atoms with E-state index in [9.17, 15) is 19.2 Å². The van der Waals surface area contributed by atoms with Crippen molar-refractivity contribution in [3.63, 3.8) is 0 Å². The molecule has 20 nitrogen and oxygen atoms in total. The molecule has 0 heterocycles. The van der Waals surface area contributed by atoms with Gasteiger partial charge in [0.15, 0.2) is 0 Å². The average Bonchev–Trinajstić information content (AvgIpc) is 3.06. The summed E-state index contributed by atoms with van der Waals surface area (Å²) in [5, 5.41) is 0. The summed E-state index contributed by atoms with van der Waals surface area (Å²) in [5.74, 6) is -0.732. The Hall–Kier alpha value is -6.69. The van der Waals surface area contributed by atoms with Gasteiger partial charge < -0.3 is 65.7 Å². The number of benzene rings is 4. The van der Waals surface area contributed by atoms with Crippen molar-refractivity contribution in [3.05, 3.63) is 156 Å². The first-order chi connectivity index (χ1) is 48.1. The first-order valence-electron chi connectivity index (χ1n) is 34.8. The van der Waals surface area contributed by atoms with E-state index >= 15 is 0 Å². The van der Waals surface area contributed by atoms with Crippen LogP contribution in [0.1, 0.15) is 183 Å². The topological polar surface area (TPSA) is 287 Å². The zero-order valence-electron chi connectivity index (χ0n) is 62.7. The summed E-state index contributed by atoms with van der Waals surface area (Å²) < 4.78 is 40.7. The van der Waals surface area contributed by atoms with Gasteiger partial charge in [-0.2, -0.15) is 0 Å². The molecule has 8 N–H and O–H groups in total. The molecule has 0 atom stereocenters. The minimum Gasteiger partial charge on any atom is -0.466 e. The Bertz CT molecular complexity index is 2120. The van der Waals surface area contributed by atoms with E-state index in [1.165, 1.54) is 131 Å². The number of esters is 3. The van der Waals surface area contributed by atoms with Crippen LogP contribution in [-0.4, -0.2) is 205 Å². The molecule has 0 fully saturated rings. The summed E-state index contributed by atoms with van der Waals surface area (Å²) in [6, 6.07) is 39.2. The quantitative estimate of drug-likeness (QED) is 0.00798. The monoisotopic (exact) mass is 1410 g/mol. The highest BCUT2D eigenvalue weighted by Crippen LogP contribution is 2.13. The zero-order chi connectivity index (χ0) is 74.1. The second-order valence-corrected chi connectivity index (χ2v) is 20.8. The molecule has 20 heteroatoms. The van der Waals surface area contributed by atoms with Gasteiger partial charge in [-0.3, -0.25) is 29.4 Å². The van der Waals surface area contributed by atoms with Crippen LogP contribution >= 0.6 is 0 Å². The van der Waals surface area contributed by atoms with Gasteiger partial charge in [0.05, 0.1) is 59.1 Å². The molecule has 4 aromatic carbocycles. The maximum absolute atomic E-state index is 12.0. The summed E-state index contributed by atoms with van der Waals surface area (Å²) in [4.78, 5) is 58.2. The largest absolute Gasteiger partial charge is 0.466 e. The van der Waals surface area contributed by atoms with E-state index in [1.54, 1.807) is 54.6 Å². The Morgan fingerprint density at radius 1 is 0.370 bits per heavy atom. The van der Waals surface area contributed by atoms with Crippen LogP contribution in [0.25, 0.3) is 0 Å². The molecule has 0 saturated carbocycles. The minimum atomic E-state index is -0.435. The number of hydrogen-bond acceptors (Lipinski definition) is 20. The van der Waals surface area contributed by atoms with Crippen LogP contribution in [-0.2, 0) is 52.3 Å². The molecule has 100 heavy (non-hydrogen) atoms. The fourth-order valence-corrected chi connectivity index (χ4v) is 8.04. The summed E-state index contributed by atoms with van der Waals surface area (Å²) in [6.45, 7) is 10.0. The number of hydrogen-bond donors (Lipinski definition) is 4. The number of aldehydes is 1. The number of carbonyl (C=O) groups is 4. The van der Waals surface area contributed by atoms with Crippen molar-refractivity contribution in [1.82, 2.24) is 4.90 Å². The van der Waals surface area contributed by atoms with E-state index in [0.29, 0.717) is 72.2 Å². The highest BCUT2D eigenvalue weighted by molar-refractivity contribution is 5.81. The third-order valence-electron chi connectivity index (χ3n) is 13.0. The molecule has 0 aliphatic carbocycles. The Labute approximate surface area is 609 Å². The smallest absolute Gasteiger partial charge is 0.330 e. The van der Waals surface area contributed by atoms with Crippen LogP contribution in [0.3, 0.4) is 0 Å². The van der Waals surface area contributed by atoms with Crippen molar-refractivity contribution in [2.75, 3.05) is 157 Å². The molecule has 0 unspecified atom stereocenters. The molecular formula is C80H144N8O12. The first kappa shape index (κ1) is 109. The number of aliphatic imine (C=N–C) groups is 3. The average molecular weight is 1410 g/mol. The second-order valence-electron chi connectivity index (χ2n) is 20.8. The maximum Gasteiger partial charge on any atom is 0.330 e. The molecular weight excluding hydrogens is 1260 g/mol. The zero-order valence-corrected chi connectivity index (χ0v) is 62.7. The lowest BCUT2D eigenvalue weighted by molar-refractivity contribution is -0.144. The maximum atomic E-state index is 12.0. The predicted octanol–water partition coefficient (Wildman–Crippen LogP) is 14.6. The predicted molar refractivity (Wildman–Crippen MR) is 425 cm³/mol. The van der Waals surface area contributed by atoms with E-state index in [4.69, 9.17) is 37.9 Å². The van der Waals surface area contributed by atoms with Gasteiger partial charge in [-0.05, 0) is 77.6 Å². The molecule has 4 rings (SSSR count). The van der Waals surface area contributed by atoms with Crippen LogP contribution in [0, 0.1) is 0 Å². The number of methoxy groups -OCH3 is 3. The van der Waals surface area contributed by atoms with Gasteiger partial charge in [0.25, 0.3) is 0 Å². The van der Waals surface area contributed by atoms with Gasteiger partial charge in [0.1, 0.15) is 12.9 Å². The third-order valence-corrected chi connectivity index (χ3v) is 13.0. The lowest BCUT2D eigenvalue weighted by Gasteiger charge is -2.15. The van der Waals surface area contributed by atoms with Gasteiger partial charge in [-0.15, -0.1) is 0 Å². The van der Waals surface area contributed by atoms with Crippen LogP contribution in [0.15, 0.2) is 149 Å². The Morgan fingerprint density at radius 2 is 0.620 bits per heavy atom. The highest BCUT2D eigenvalue weighted by Gasteiger charge is 2.09. The SMILES string of the molecule is C.C.C=CC(=O)OCCOCCOCCOC.CN.CN.CN.CN.CN=Cc1ccccc1.CN=Cc1ccccc1.CN=Cc1ccccc1.COCCCCCCCCCCCCOC(=O)CCN(C)CCC(=O)OCCCCCCCCCCCCOC.O=Cc1ccccc1. The van der Waals surface area contributed by atoms with Gasteiger partial charge in [0.2, 0.25) is 0 Å². The van der Waals surface area contributed by atoms with Crippen molar-refractivity contribution < 1.29 is 57.1 Å². The lowest BCUT2D eigenvalue weighted by atomic mass is 10.1. The van der Waals surface area contributed by atoms with Crippen LogP contribution in [0.4, 0.5) is 0 Å². The van der Waals surface area contributed by atoms with Gasteiger partial charge >= 0.3 is 17.9 Å². The highest BCUT2D eigenvalue weighted by atomic mass is 16.6. The van der Waals surface area contributed by atoms with E-state index < -0.39 is 5.97 Å². The van der Waals surface area contributed by atoms with E-state index in [1.807, 2.05) is 140 Å². The van der Waals surface area contributed by atoms with E-state index in [0.717, 1.165) is 73.5 Å². The Kier molecular flexibility index (Phi) is 110. The van der Waals surface area contributed by atoms with Crippen LogP contribution < -0.4 is 22.9 Å². The van der Waals surface area contributed by atoms with E-state index in [2.05, 4.69) is 44.5 Å². The van der Waals surface area contributed by atoms with Crippen LogP contribution in [0.2, 0.25) is 0 Å². The molecule has 0 amide bonds. The number of carbonyl (C=O) groups excluding carboxylic acids is 4. The number of ether oxygens (including phenoxy) is 8. The fraction of sp³-hybridized carbons (Fsp3) is 0.588. The third kappa shape index (κ3) is 93.4. The van der Waals surface area contributed by atoms with Gasteiger partial charge in [-0.25, -0.2) is 4.79 Å². The number of unbranched alkanes of at least 4 members (excludes halogenated alkanes) is 18. The van der Waals surface area contributed by atoms with Crippen molar-refractivity contribution >= 4 is 42.8 Å². The van der Waals surface area contributed by atoms with Crippen molar-refractivity contribution in [2.45, 2.75) is 156 Å². The summed E-state index contributed by atoms with van der Waals surface area (Å²) >= 11 is 0. The van der Waals surface area contributed by atoms with Crippen LogP contribution in [0.5, 0.6) is 0 Å². The molecule has 576 valence electrons. The molecule has 0 aliphatic heterocycles. The molecule has 0 radical (unpaired) electrons. The molecule has 0 aromatic heterocycles. The summed E-state index contributed by atoms with van der Waals surface area (Å²) in [5.41, 5.74) is 22.2. The Balaban J connectivity index is -0.000000190. The number of nitrogens with zero attached hydrogens (tertiary/aromatic N) is 4. The molecule has 0 saturated heterocycles. The Morgan fingerprint density at radius 3 is 0.870 bits per heavy atom. The lowest BCUT2D eigenvalue weighted by Crippen LogP contribution is -2.26. The van der Waals surface area contributed by atoms with Gasteiger partial charge in [-0.1, -0.05) is 245 Å². The van der Waals surface area contributed by atoms with Crippen molar-refractivity contribution in [2.24, 2.45) is 37.9 Å². The van der Waals surface area contributed by atoms with Gasteiger partial charge in [0, 0.05) is 99.1 Å². The van der Waals surface area contributed by atoms with Crippen molar-refractivity contribution in [1.29, 1.82) is 0 Å². The fourth-order valence-electron chi connectivity index (χ4n) is 8.04. The summed E-state index contributed by atoms with van der Waals surface area (Å²) in [6.07, 6.45) is 32.8. The normalized spacial score (nSPS) is 9.72. The summed E-state index contributed by atoms with van der Waals surface area (Å²) in [7, 11) is 18.4. The number of rotatable bonds is 46. The standard InChI is InChI=1S/C33H65NO6.C10H18O5.3C8H9N.C7H6O.4CH5N.2CH4/c1-34(26-24-32(35)39-30-22-18-14-10-6-4-8-12-16-20-28-37-2)27-25-33(36)40-31-23-19-15-11-7-5-9-13-17-21-29-38-3;1-3-10(11)15-9-8-14-7-6-13-5-4-12-2;3*1-9-7-8-5-3-2-4-6-8;8-6-7-4-2-1-3-5-7;4*1-2;;/h4-31H2,1-3H3;3H,1,4-9H2,2H3;3*2-7H,1H3;1-6H;4*2H2,1H3;2*1H4. The number of nitrogens with two attached hydrogens (primary N) is 4. The minimum absolute atomic E-state index is 0. The molecule has 0 aliphatic rings. The molecule has 0 spiro atoms. The molecule has 0 bridgehead atoms. The second kappa shape index (κ2) is 101. The first-order valence-corrected chi connectivity index (χ1v) is 34.8. The van der Waals surface area contributed by atoms with Crippen molar-refractivity contribution in [3.8, 4) is 0 Å². The molecule has 4 aromatic rings.